The van der Waals surface area contributed by atoms with Crippen LogP contribution in [-0.4, -0.2) is 17.7 Å². The zero-order valence-electron chi connectivity index (χ0n) is 15.8. The van der Waals surface area contributed by atoms with E-state index in [4.69, 9.17) is 17.0 Å². The SMILES string of the molecule is CCOC(=O)C1=C(c2ccccc2)NC(=S)N[C@H]1c1ccc(C(C)C)cc1. The number of carbonyl (C=O) groups excluding carboxylic acids is 1. The summed E-state index contributed by atoms with van der Waals surface area (Å²) in [5.74, 6) is 0.0952. The molecule has 0 saturated carbocycles. The normalized spacial score (nSPS) is 16.7. The molecule has 0 radical (unpaired) electrons. The molecule has 0 amide bonds. The van der Waals surface area contributed by atoms with Crippen molar-refractivity contribution in [3.8, 4) is 0 Å². The molecular weight excluding hydrogens is 356 g/mol. The van der Waals surface area contributed by atoms with Gasteiger partial charge in [-0.3, -0.25) is 0 Å². The van der Waals surface area contributed by atoms with Crippen LogP contribution in [0.25, 0.3) is 5.70 Å². The van der Waals surface area contributed by atoms with Crippen molar-refractivity contribution in [1.82, 2.24) is 10.6 Å². The van der Waals surface area contributed by atoms with Crippen LogP contribution in [0.5, 0.6) is 0 Å². The molecule has 0 spiro atoms. The molecular formula is C22H24N2O2S. The molecule has 0 fully saturated rings. The molecule has 27 heavy (non-hydrogen) atoms. The van der Waals surface area contributed by atoms with Crippen molar-refractivity contribution >= 4 is 29.0 Å². The Balaban J connectivity index is 2.12. The van der Waals surface area contributed by atoms with E-state index in [1.807, 2.05) is 42.5 Å². The smallest absolute Gasteiger partial charge is 0.338 e. The molecule has 2 aromatic carbocycles. The van der Waals surface area contributed by atoms with Gasteiger partial charge in [0.2, 0.25) is 0 Å². The maximum absolute atomic E-state index is 12.8. The molecule has 1 heterocycles. The predicted molar refractivity (Wildman–Crippen MR) is 112 cm³/mol. The Hall–Kier alpha value is -2.66. The number of rotatable bonds is 5. The lowest BCUT2D eigenvalue weighted by molar-refractivity contribution is -0.138. The van der Waals surface area contributed by atoms with Crippen molar-refractivity contribution in [1.29, 1.82) is 0 Å². The number of esters is 1. The Morgan fingerprint density at radius 1 is 1.11 bits per heavy atom. The van der Waals surface area contributed by atoms with E-state index >= 15 is 0 Å². The second kappa shape index (κ2) is 8.35. The van der Waals surface area contributed by atoms with Gasteiger partial charge in [-0.15, -0.1) is 0 Å². The second-order valence-corrected chi connectivity index (χ2v) is 7.14. The van der Waals surface area contributed by atoms with Gasteiger partial charge in [-0.25, -0.2) is 4.79 Å². The quantitative estimate of drug-likeness (QED) is 0.598. The minimum atomic E-state index is -0.366. The van der Waals surface area contributed by atoms with E-state index in [0.717, 1.165) is 11.1 Å². The first-order valence-electron chi connectivity index (χ1n) is 9.15. The lowest BCUT2D eigenvalue weighted by Crippen LogP contribution is -2.45. The van der Waals surface area contributed by atoms with Crippen LogP contribution >= 0.6 is 12.2 Å². The summed E-state index contributed by atoms with van der Waals surface area (Å²) in [5.41, 5.74) is 4.35. The number of hydrogen-bond donors (Lipinski definition) is 2. The molecule has 2 N–H and O–H groups in total. The lowest BCUT2D eigenvalue weighted by Gasteiger charge is -2.31. The predicted octanol–water partition coefficient (Wildman–Crippen LogP) is 4.30. The second-order valence-electron chi connectivity index (χ2n) is 6.73. The Kier molecular flexibility index (Phi) is 5.91. The fourth-order valence-electron chi connectivity index (χ4n) is 3.15. The largest absolute Gasteiger partial charge is 0.463 e. The lowest BCUT2D eigenvalue weighted by atomic mass is 9.91. The zero-order valence-corrected chi connectivity index (χ0v) is 16.6. The Bertz CT molecular complexity index is 858. The molecule has 5 heteroatoms. The Morgan fingerprint density at radius 3 is 2.37 bits per heavy atom. The van der Waals surface area contributed by atoms with E-state index in [2.05, 4.69) is 36.6 Å². The van der Waals surface area contributed by atoms with Gasteiger partial charge in [0.15, 0.2) is 5.11 Å². The third-order valence-electron chi connectivity index (χ3n) is 4.57. The van der Waals surface area contributed by atoms with Gasteiger partial charge < -0.3 is 15.4 Å². The van der Waals surface area contributed by atoms with Crippen LogP contribution in [0.2, 0.25) is 0 Å². The van der Waals surface area contributed by atoms with Crippen molar-refractivity contribution in [2.75, 3.05) is 6.61 Å². The number of thiocarbonyl (C=S) groups is 1. The van der Waals surface area contributed by atoms with E-state index < -0.39 is 0 Å². The van der Waals surface area contributed by atoms with Gasteiger partial charge in [0.05, 0.1) is 23.9 Å². The summed E-state index contributed by atoms with van der Waals surface area (Å²) < 4.78 is 5.36. The van der Waals surface area contributed by atoms with Crippen molar-refractivity contribution in [3.63, 3.8) is 0 Å². The van der Waals surface area contributed by atoms with Gasteiger partial charge in [-0.05, 0) is 41.7 Å². The molecule has 0 saturated heterocycles. The van der Waals surface area contributed by atoms with Crippen LogP contribution in [0.4, 0.5) is 0 Å². The summed E-state index contributed by atoms with van der Waals surface area (Å²) in [4.78, 5) is 12.8. The maximum atomic E-state index is 12.8. The van der Waals surface area contributed by atoms with Crippen LogP contribution in [0.15, 0.2) is 60.2 Å². The molecule has 0 aliphatic carbocycles. The molecule has 1 aliphatic heterocycles. The third-order valence-corrected chi connectivity index (χ3v) is 4.79. The summed E-state index contributed by atoms with van der Waals surface area (Å²) >= 11 is 5.42. The van der Waals surface area contributed by atoms with Gasteiger partial charge in [0.25, 0.3) is 0 Å². The molecule has 0 bridgehead atoms. The van der Waals surface area contributed by atoms with Crippen LogP contribution < -0.4 is 10.6 Å². The number of nitrogens with one attached hydrogen (secondary N) is 2. The molecule has 1 atom stereocenters. The van der Waals surface area contributed by atoms with Gasteiger partial charge in [-0.2, -0.15) is 0 Å². The topological polar surface area (TPSA) is 50.4 Å². The van der Waals surface area contributed by atoms with E-state index in [1.54, 1.807) is 6.92 Å². The first kappa shape index (κ1) is 19.1. The van der Waals surface area contributed by atoms with Crippen LogP contribution in [-0.2, 0) is 9.53 Å². The molecule has 3 rings (SSSR count). The molecule has 2 aromatic rings. The first-order valence-corrected chi connectivity index (χ1v) is 9.56. The molecule has 140 valence electrons. The highest BCUT2D eigenvalue weighted by atomic mass is 32.1. The van der Waals surface area contributed by atoms with Gasteiger partial charge in [0, 0.05) is 0 Å². The van der Waals surface area contributed by atoms with Crippen molar-refractivity contribution in [3.05, 3.63) is 76.9 Å². The summed E-state index contributed by atoms with van der Waals surface area (Å²) in [6.07, 6.45) is 0. The van der Waals surface area contributed by atoms with E-state index in [-0.39, 0.29) is 12.0 Å². The van der Waals surface area contributed by atoms with Crippen LogP contribution in [0.1, 0.15) is 49.4 Å². The summed E-state index contributed by atoms with van der Waals surface area (Å²) in [6, 6.07) is 17.6. The van der Waals surface area contributed by atoms with Gasteiger partial charge in [0.1, 0.15) is 0 Å². The number of hydrogen-bond acceptors (Lipinski definition) is 3. The monoisotopic (exact) mass is 380 g/mol. The average Bonchev–Trinajstić information content (AvgIpc) is 2.68. The van der Waals surface area contributed by atoms with E-state index in [0.29, 0.717) is 28.9 Å². The number of ether oxygens (including phenoxy) is 1. The highest BCUT2D eigenvalue weighted by Gasteiger charge is 2.33. The van der Waals surface area contributed by atoms with Crippen molar-refractivity contribution in [2.45, 2.75) is 32.7 Å². The highest BCUT2D eigenvalue weighted by Crippen LogP contribution is 2.32. The maximum Gasteiger partial charge on any atom is 0.338 e. The summed E-state index contributed by atoms with van der Waals surface area (Å²) in [6.45, 7) is 6.43. The highest BCUT2D eigenvalue weighted by molar-refractivity contribution is 7.80. The molecule has 0 unspecified atom stereocenters. The molecule has 4 nitrogen and oxygen atoms in total. The van der Waals surface area contributed by atoms with Crippen LogP contribution in [0, 0.1) is 0 Å². The van der Waals surface area contributed by atoms with Crippen molar-refractivity contribution < 1.29 is 9.53 Å². The molecule has 1 aliphatic rings. The third kappa shape index (κ3) is 4.19. The van der Waals surface area contributed by atoms with E-state index in [9.17, 15) is 4.79 Å². The standard InChI is InChI=1S/C22H24N2O2S/c1-4-26-21(25)18-19(16-8-6-5-7-9-16)23-22(27)24-20(18)17-12-10-15(11-13-17)14(2)3/h5-14,20H,4H2,1-3H3,(H2,23,24,27)/t20-/m0/s1. The minimum Gasteiger partial charge on any atom is -0.463 e. The van der Waals surface area contributed by atoms with Crippen LogP contribution in [0.3, 0.4) is 0 Å². The van der Waals surface area contributed by atoms with E-state index in [1.165, 1.54) is 5.56 Å². The first-order chi connectivity index (χ1) is 13.0. The zero-order chi connectivity index (χ0) is 19.4. The van der Waals surface area contributed by atoms with Gasteiger partial charge in [-0.1, -0.05) is 68.4 Å². The Morgan fingerprint density at radius 2 is 1.78 bits per heavy atom. The summed E-state index contributed by atoms with van der Waals surface area (Å²) in [7, 11) is 0. The summed E-state index contributed by atoms with van der Waals surface area (Å²) in [5, 5.41) is 6.87. The number of benzene rings is 2. The fourth-order valence-corrected chi connectivity index (χ4v) is 3.37. The minimum absolute atomic E-state index is 0.313. The molecule has 0 aromatic heterocycles. The fraction of sp³-hybridized carbons (Fsp3) is 0.273. The average molecular weight is 381 g/mol. The number of carbonyl (C=O) groups is 1. The Labute approximate surface area is 165 Å². The van der Waals surface area contributed by atoms with Crippen molar-refractivity contribution in [2.24, 2.45) is 0 Å². The van der Waals surface area contributed by atoms with Gasteiger partial charge >= 0.3 is 5.97 Å².